The number of β-amino-alcohol motifs (C(OH)–C–C–N with tert-alkyl or cyclic N) is 1. The van der Waals surface area contributed by atoms with Crippen molar-refractivity contribution in [3.63, 3.8) is 0 Å². The quantitative estimate of drug-likeness (QED) is 0.874. The van der Waals surface area contributed by atoms with Gasteiger partial charge in [0.2, 0.25) is 0 Å². The Bertz CT molecular complexity index is 455. The first-order chi connectivity index (χ1) is 10.2. The van der Waals surface area contributed by atoms with Gasteiger partial charge in [-0.2, -0.15) is 0 Å². The lowest BCUT2D eigenvalue weighted by Gasteiger charge is -2.24. The highest BCUT2D eigenvalue weighted by molar-refractivity contribution is 6.31. The number of rotatable bonds is 5. The average molecular weight is 312 g/mol. The molecule has 21 heavy (non-hydrogen) atoms. The minimum atomic E-state index is 0.239. The molecule has 118 valence electrons. The van der Waals surface area contributed by atoms with Crippen molar-refractivity contribution in [3.05, 3.63) is 28.8 Å². The van der Waals surface area contributed by atoms with Crippen LogP contribution in [0.2, 0.25) is 5.02 Å². The Morgan fingerprint density at radius 1 is 1.29 bits per heavy atom. The average Bonchev–Trinajstić information content (AvgIpc) is 2.72. The van der Waals surface area contributed by atoms with Crippen molar-refractivity contribution in [1.29, 1.82) is 0 Å². The molecule has 0 spiro atoms. The van der Waals surface area contributed by atoms with Crippen molar-refractivity contribution in [2.24, 2.45) is 0 Å². The molecule has 1 aliphatic rings. The summed E-state index contributed by atoms with van der Waals surface area (Å²) in [6.45, 7) is 7.19. The zero-order valence-electron chi connectivity index (χ0n) is 13.0. The van der Waals surface area contributed by atoms with Gasteiger partial charge in [0.25, 0.3) is 0 Å². The first-order valence-electron chi connectivity index (χ1n) is 7.70. The number of aliphatic hydroxyl groups excluding tert-OH is 1. The molecule has 1 heterocycles. The van der Waals surface area contributed by atoms with E-state index >= 15 is 0 Å². The summed E-state index contributed by atoms with van der Waals surface area (Å²) in [7, 11) is 1.94. The minimum Gasteiger partial charge on any atom is -0.395 e. The summed E-state index contributed by atoms with van der Waals surface area (Å²) in [6.07, 6.45) is 1.12. The monoisotopic (exact) mass is 311 g/mol. The normalized spacial score (nSPS) is 18.6. The molecule has 1 unspecified atom stereocenters. The van der Waals surface area contributed by atoms with Gasteiger partial charge < -0.3 is 15.3 Å². The Labute approximate surface area is 132 Å². The molecule has 1 fully saturated rings. The Morgan fingerprint density at radius 2 is 2.10 bits per heavy atom. The topological polar surface area (TPSA) is 38.7 Å². The molecule has 0 radical (unpaired) electrons. The highest BCUT2D eigenvalue weighted by Crippen LogP contribution is 2.28. The summed E-state index contributed by atoms with van der Waals surface area (Å²) in [4.78, 5) is 4.70. The largest absolute Gasteiger partial charge is 0.395 e. The van der Waals surface area contributed by atoms with Gasteiger partial charge in [-0.15, -0.1) is 0 Å². The van der Waals surface area contributed by atoms with E-state index in [1.807, 2.05) is 7.05 Å². The minimum absolute atomic E-state index is 0.239. The van der Waals surface area contributed by atoms with Crippen LogP contribution in [0.1, 0.15) is 24.9 Å². The first-order valence-corrected chi connectivity index (χ1v) is 8.08. The molecular weight excluding hydrogens is 286 g/mol. The van der Waals surface area contributed by atoms with Gasteiger partial charge in [0.15, 0.2) is 0 Å². The summed E-state index contributed by atoms with van der Waals surface area (Å²) in [5, 5.41) is 13.1. The smallest absolute Gasteiger partial charge is 0.0558 e. The fourth-order valence-electron chi connectivity index (χ4n) is 2.81. The van der Waals surface area contributed by atoms with E-state index in [0.29, 0.717) is 0 Å². The van der Waals surface area contributed by atoms with Crippen LogP contribution in [-0.2, 0) is 0 Å². The van der Waals surface area contributed by atoms with E-state index in [4.69, 9.17) is 16.7 Å². The number of nitrogens with zero attached hydrogens (tertiary/aromatic N) is 2. The number of benzene rings is 1. The number of halogens is 1. The Morgan fingerprint density at radius 3 is 2.76 bits per heavy atom. The van der Waals surface area contributed by atoms with Crippen LogP contribution in [0.3, 0.4) is 0 Å². The van der Waals surface area contributed by atoms with Gasteiger partial charge in [0.05, 0.1) is 6.61 Å². The van der Waals surface area contributed by atoms with Gasteiger partial charge in [-0.1, -0.05) is 17.7 Å². The van der Waals surface area contributed by atoms with Crippen LogP contribution >= 0.6 is 11.6 Å². The second kappa shape index (κ2) is 7.99. The lowest BCUT2D eigenvalue weighted by molar-refractivity contribution is 0.204. The standard InChI is InChI=1S/C16H26ClN3O/c1-13(18-2)15-5-4-14(12-16(15)17)20-7-3-6-19(8-9-20)10-11-21/h4-5,12-13,18,21H,3,6-11H2,1-2H3. The lowest BCUT2D eigenvalue weighted by atomic mass is 10.1. The summed E-state index contributed by atoms with van der Waals surface area (Å²) in [5.74, 6) is 0. The molecule has 1 aromatic carbocycles. The molecule has 0 aliphatic carbocycles. The number of aliphatic hydroxyl groups is 1. The molecule has 1 atom stereocenters. The SMILES string of the molecule is CNC(C)c1ccc(N2CCCN(CCO)CC2)cc1Cl. The van der Waals surface area contributed by atoms with E-state index in [0.717, 1.165) is 49.7 Å². The van der Waals surface area contributed by atoms with Crippen LogP contribution in [0.4, 0.5) is 5.69 Å². The van der Waals surface area contributed by atoms with Crippen molar-refractivity contribution < 1.29 is 5.11 Å². The zero-order chi connectivity index (χ0) is 15.2. The maximum atomic E-state index is 9.06. The molecule has 2 rings (SSSR count). The third kappa shape index (κ3) is 4.33. The molecule has 0 amide bonds. The molecular formula is C16H26ClN3O. The van der Waals surface area contributed by atoms with E-state index < -0.39 is 0 Å². The Balaban J connectivity index is 2.06. The van der Waals surface area contributed by atoms with Gasteiger partial charge >= 0.3 is 0 Å². The first kappa shape index (κ1) is 16.6. The van der Waals surface area contributed by atoms with Gasteiger partial charge in [0, 0.05) is 42.9 Å². The highest BCUT2D eigenvalue weighted by Gasteiger charge is 2.16. The molecule has 1 saturated heterocycles. The summed E-state index contributed by atoms with van der Waals surface area (Å²) >= 11 is 6.43. The molecule has 0 aromatic heterocycles. The fourth-order valence-corrected chi connectivity index (χ4v) is 3.15. The zero-order valence-corrected chi connectivity index (χ0v) is 13.7. The predicted molar refractivity (Wildman–Crippen MR) is 89.3 cm³/mol. The molecule has 2 N–H and O–H groups in total. The Kier molecular flexibility index (Phi) is 6.30. The van der Waals surface area contributed by atoms with Crippen LogP contribution in [-0.4, -0.2) is 56.4 Å². The van der Waals surface area contributed by atoms with Crippen molar-refractivity contribution in [3.8, 4) is 0 Å². The number of hydrogen-bond acceptors (Lipinski definition) is 4. The molecule has 0 bridgehead atoms. The van der Waals surface area contributed by atoms with E-state index in [1.54, 1.807) is 0 Å². The second-order valence-corrected chi connectivity index (χ2v) is 6.03. The van der Waals surface area contributed by atoms with E-state index in [-0.39, 0.29) is 12.6 Å². The number of nitrogens with one attached hydrogen (secondary N) is 1. The maximum Gasteiger partial charge on any atom is 0.0558 e. The molecule has 0 saturated carbocycles. The van der Waals surface area contributed by atoms with Crippen LogP contribution < -0.4 is 10.2 Å². The van der Waals surface area contributed by atoms with Crippen LogP contribution in [0.25, 0.3) is 0 Å². The fraction of sp³-hybridized carbons (Fsp3) is 0.625. The van der Waals surface area contributed by atoms with Crippen molar-refractivity contribution in [2.45, 2.75) is 19.4 Å². The van der Waals surface area contributed by atoms with Crippen molar-refractivity contribution >= 4 is 17.3 Å². The summed E-state index contributed by atoms with van der Waals surface area (Å²) < 4.78 is 0. The van der Waals surface area contributed by atoms with Gasteiger partial charge in [-0.3, -0.25) is 4.90 Å². The van der Waals surface area contributed by atoms with Crippen molar-refractivity contribution in [1.82, 2.24) is 10.2 Å². The summed E-state index contributed by atoms with van der Waals surface area (Å²) in [6, 6.07) is 6.62. The molecule has 1 aliphatic heterocycles. The predicted octanol–water partition coefficient (Wildman–Crippen LogP) is 2.12. The molecule has 4 nitrogen and oxygen atoms in total. The van der Waals surface area contributed by atoms with Crippen LogP contribution in [0.5, 0.6) is 0 Å². The van der Waals surface area contributed by atoms with Gasteiger partial charge in [0.1, 0.15) is 0 Å². The third-order valence-corrected chi connectivity index (χ3v) is 4.58. The summed E-state index contributed by atoms with van der Waals surface area (Å²) in [5.41, 5.74) is 2.33. The molecule has 5 heteroatoms. The van der Waals surface area contributed by atoms with Crippen LogP contribution in [0.15, 0.2) is 18.2 Å². The van der Waals surface area contributed by atoms with Crippen molar-refractivity contribution in [2.75, 3.05) is 51.3 Å². The third-order valence-electron chi connectivity index (χ3n) is 4.25. The second-order valence-electron chi connectivity index (χ2n) is 5.62. The Hall–Kier alpha value is -0.810. The van der Waals surface area contributed by atoms with E-state index in [2.05, 4.69) is 40.2 Å². The van der Waals surface area contributed by atoms with E-state index in [1.165, 1.54) is 5.69 Å². The van der Waals surface area contributed by atoms with Crippen LogP contribution in [0, 0.1) is 0 Å². The number of anilines is 1. The molecule has 1 aromatic rings. The number of hydrogen-bond donors (Lipinski definition) is 2. The highest BCUT2D eigenvalue weighted by atomic mass is 35.5. The maximum absolute atomic E-state index is 9.06. The van der Waals surface area contributed by atoms with Gasteiger partial charge in [-0.05, 0) is 44.6 Å². The van der Waals surface area contributed by atoms with Gasteiger partial charge in [-0.25, -0.2) is 0 Å². The lowest BCUT2D eigenvalue weighted by Crippen LogP contribution is -2.32. The van der Waals surface area contributed by atoms with E-state index in [9.17, 15) is 0 Å².